The van der Waals surface area contributed by atoms with Crippen molar-refractivity contribution in [1.82, 2.24) is 10.2 Å². The average Bonchev–Trinajstić information content (AvgIpc) is 2.99. The van der Waals surface area contributed by atoms with E-state index < -0.39 is 34.1 Å². The maximum Gasteiger partial charge on any atom is 0.264 e. The molecule has 0 saturated heterocycles. The van der Waals surface area contributed by atoms with Gasteiger partial charge in [-0.2, -0.15) is 0 Å². The van der Waals surface area contributed by atoms with Crippen molar-refractivity contribution < 1.29 is 18.0 Å². The van der Waals surface area contributed by atoms with Crippen LogP contribution in [0.4, 0.5) is 5.69 Å². The molecule has 242 valence electrons. The molecule has 0 heterocycles. The third-order valence-corrected chi connectivity index (χ3v) is 9.78. The molecule has 0 aromatic heterocycles. The quantitative estimate of drug-likeness (QED) is 0.188. The maximum absolute atomic E-state index is 14.7. The summed E-state index contributed by atoms with van der Waals surface area (Å²) in [6, 6.07) is 27.7. The average molecular weight is 660 g/mol. The summed E-state index contributed by atoms with van der Waals surface area (Å²) in [6.07, 6.45) is 0.237. The lowest BCUT2D eigenvalue weighted by Gasteiger charge is -2.35. The molecule has 0 saturated carbocycles. The first-order valence-corrected chi connectivity index (χ1v) is 17.0. The number of benzene rings is 4. The Kier molecular flexibility index (Phi) is 11.0. The molecule has 0 aliphatic carbocycles. The SMILES string of the molecule is Cc1ccc(S(=O)(=O)N(CC(=O)N(Cc2cccc(C)c2)[C@@H](Cc2ccccc2)C(=O)NC(C)(C)C)c2cccc(Cl)c2C)cc1. The van der Waals surface area contributed by atoms with Crippen LogP contribution in [-0.4, -0.2) is 43.3 Å². The highest BCUT2D eigenvalue weighted by molar-refractivity contribution is 7.92. The monoisotopic (exact) mass is 659 g/mol. The minimum absolute atomic E-state index is 0.0434. The summed E-state index contributed by atoms with van der Waals surface area (Å²) >= 11 is 6.47. The molecule has 4 aromatic rings. The van der Waals surface area contributed by atoms with E-state index in [2.05, 4.69) is 5.32 Å². The zero-order chi connectivity index (χ0) is 33.6. The van der Waals surface area contributed by atoms with Crippen LogP contribution in [0.1, 0.15) is 48.6 Å². The van der Waals surface area contributed by atoms with Crippen LogP contribution in [-0.2, 0) is 32.6 Å². The van der Waals surface area contributed by atoms with Gasteiger partial charge in [-0.05, 0) is 82.5 Å². The Labute approximate surface area is 278 Å². The molecule has 0 radical (unpaired) electrons. The van der Waals surface area contributed by atoms with Gasteiger partial charge in [-0.1, -0.05) is 95.5 Å². The number of hydrogen-bond acceptors (Lipinski definition) is 4. The predicted octanol–water partition coefficient (Wildman–Crippen LogP) is 7.02. The van der Waals surface area contributed by atoms with Crippen LogP contribution >= 0.6 is 11.6 Å². The highest BCUT2D eigenvalue weighted by Gasteiger charge is 2.36. The molecule has 1 N–H and O–H groups in total. The predicted molar refractivity (Wildman–Crippen MR) is 185 cm³/mol. The van der Waals surface area contributed by atoms with E-state index in [1.807, 2.05) is 89.2 Å². The number of aryl methyl sites for hydroxylation is 2. The number of amides is 2. The van der Waals surface area contributed by atoms with E-state index in [4.69, 9.17) is 11.6 Å². The molecule has 0 aliphatic rings. The number of nitrogens with zero attached hydrogens (tertiary/aromatic N) is 2. The van der Waals surface area contributed by atoms with Crippen LogP contribution < -0.4 is 9.62 Å². The molecule has 0 unspecified atom stereocenters. The molecule has 1 atom stereocenters. The smallest absolute Gasteiger partial charge is 0.264 e. The van der Waals surface area contributed by atoms with Gasteiger partial charge in [-0.25, -0.2) is 8.42 Å². The molecule has 4 rings (SSSR count). The third kappa shape index (κ3) is 8.77. The first-order chi connectivity index (χ1) is 21.7. The van der Waals surface area contributed by atoms with Gasteiger partial charge in [-0.15, -0.1) is 0 Å². The van der Waals surface area contributed by atoms with E-state index in [0.717, 1.165) is 26.6 Å². The maximum atomic E-state index is 14.7. The van der Waals surface area contributed by atoms with Gasteiger partial charge in [0, 0.05) is 23.5 Å². The first-order valence-electron chi connectivity index (χ1n) is 15.2. The van der Waals surface area contributed by atoms with Crippen LogP contribution in [0.2, 0.25) is 5.02 Å². The molecule has 0 spiro atoms. The molecule has 4 aromatic carbocycles. The van der Waals surface area contributed by atoms with Crippen molar-refractivity contribution in [2.45, 2.75) is 71.0 Å². The second-order valence-electron chi connectivity index (χ2n) is 12.7. The minimum atomic E-state index is -4.23. The third-order valence-electron chi connectivity index (χ3n) is 7.60. The normalized spacial score (nSPS) is 12.3. The highest BCUT2D eigenvalue weighted by atomic mass is 35.5. The van der Waals surface area contributed by atoms with E-state index in [1.54, 1.807) is 37.3 Å². The number of hydrogen-bond donors (Lipinski definition) is 1. The summed E-state index contributed by atoms with van der Waals surface area (Å²) in [7, 11) is -4.23. The Bertz CT molecular complexity index is 1790. The van der Waals surface area contributed by atoms with Gasteiger partial charge in [0.15, 0.2) is 0 Å². The molecule has 46 heavy (non-hydrogen) atoms. The Balaban J connectivity index is 1.85. The number of carbonyl (C=O) groups excluding carboxylic acids is 2. The first kappa shape index (κ1) is 34.7. The Morgan fingerprint density at radius 2 is 1.43 bits per heavy atom. The van der Waals surface area contributed by atoms with Crippen molar-refractivity contribution in [3.05, 3.63) is 130 Å². The number of anilines is 1. The summed E-state index contributed by atoms with van der Waals surface area (Å²) in [5, 5.41) is 3.43. The lowest BCUT2D eigenvalue weighted by molar-refractivity contribution is -0.140. The van der Waals surface area contributed by atoms with Crippen LogP contribution in [0.25, 0.3) is 0 Å². The summed E-state index contributed by atoms with van der Waals surface area (Å²) in [4.78, 5) is 30.2. The van der Waals surface area contributed by atoms with Crippen LogP contribution in [0.15, 0.2) is 102 Å². The van der Waals surface area contributed by atoms with Crippen molar-refractivity contribution in [3.8, 4) is 0 Å². The molecule has 0 aliphatic heterocycles. The number of carbonyl (C=O) groups is 2. The Morgan fingerprint density at radius 1 is 0.804 bits per heavy atom. The lowest BCUT2D eigenvalue weighted by Crippen LogP contribution is -2.56. The summed E-state index contributed by atoms with van der Waals surface area (Å²) < 4.78 is 29.7. The van der Waals surface area contributed by atoms with E-state index in [1.165, 1.54) is 17.0 Å². The zero-order valence-corrected chi connectivity index (χ0v) is 28.8. The number of rotatable bonds is 11. The van der Waals surface area contributed by atoms with E-state index in [0.29, 0.717) is 10.6 Å². The van der Waals surface area contributed by atoms with Crippen molar-refractivity contribution in [3.63, 3.8) is 0 Å². The second-order valence-corrected chi connectivity index (χ2v) is 14.9. The number of nitrogens with one attached hydrogen (secondary N) is 1. The van der Waals surface area contributed by atoms with Crippen molar-refractivity contribution in [2.24, 2.45) is 0 Å². The zero-order valence-electron chi connectivity index (χ0n) is 27.2. The Hall–Kier alpha value is -4.14. The molecular weight excluding hydrogens is 618 g/mol. The van der Waals surface area contributed by atoms with Gasteiger partial charge in [0.2, 0.25) is 11.8 Å². The van der Waals surface area contributed by atoms with Crippen LogP contribution in [0, 0.1) is 20.8 Å². The van der Waals surface area contributed by atoms with Gasteiger partial charge in [0.05, 0.1) is 10.6 Å². The molecule has 0 bridgehead atoms. The largest absolute Gasteiger partial charge is 0.350 e. The van der Waals surface area contributed by atoms with Crippen LogP contribution in [0.3, 0.4) is 0 Å². The topological polar surface area (TPSA) is 86.8 Å². The van der Waals surface area contributed by atoms with Crippen molar-refractivity contribution >= 4 is 39.1 Å². The number of halogens is 1. The molecule has 2 amide bonds. The van der Waals surface area contributed by atoms with Gasteiger partial charge < -0.3 is 10.2 Å². The fourth-order valence-corrected chi connectivity index (χ4v) is 6.87. The van der Waals surface area contributed by atoms with Crippen LogP contribution in [0.5, 0.6) is 0 Å². The van der Waals surface area contributed by atoms with Gasteiger partial charge in [-0.3, -0.25) is 13.9 Å². The fourth-order valence-electron chi connectivity index (χ4n) is 5.23. The highest BCUT2D eigenvalue weighted by Crippen LogP contribution is 2.31. The van der Waals surface area contributed by atoms with E-state index in [9.17, 15) is 18.0 Å². The second kappa shape index (κ2) is 14.5. The van der Waals surface area contributed by atoms with Gasteiger partial charge in [0.1, 0.15) is 12.6 Å². The summed E-state index contributed by atoms with van der Waals surface area (Å²) in [5.74, 6) is -0.856. The summed E-state index contributed by atoms with van der Waals surface area (Å²) in [6.45, 7) is 10.8. The van der Waals surface area contributed by atoms with Gasteiger partial charge in [0.25, 0.3) is 10.0 Å². The lowest BCUT2D eigenvalue weighted by atomic mass is 10.0. The van der Waals surface area contributed by atoms with Crippen molar-refractivity contribution in [1.29, 1.82) is 0 Å². The standard InChI is InChI=1S/C37H42ClN3O4S/c1-26-18-20-31(21-19-26)46(44,45)41(33-17-11-16-32(38)28(33)3)25-35(42)40(24-30-15-10-12-27(2)22-30)34(36(43)39-37(4,5)6)23-29-13-8-7-9-14-29/h7-22,34H,23-25H2,1-6H3,(H,39,43)/t34-/m0/s1. The minimum Gasteiger partial charge on any atom is -0.350 e. The molecule has 7 nitrogen and oxygen atoms in total. The molecule has 9 heteroatoms. The molecule has 0 fully saturated rings. The van der Waals surface area contributed by atoms with Crippen molar-refractivity contribution in [2.75, 3.05) is 10.8 Å². The molecular formula is C37H42ClN3O4S. The van der Waals surface area contributed by atoms with E-state index in [-0.39, 0.29) is 29.5 Å². The Morgan fingerprint density at radius 3 is 2.07 bits per heavy atom. The van der Waals surface area contributed by atoms with Gasteiger partial charge >= 0.3 is 0 Å². The number of sulfonamides is 1. The van der Waals surface area contributed by atoms with E-state index >= 15 is 0 Å². The fraction of sp³-hybridized carbons (Fsp3) is 0.297. The summed E-state index contributed by atoms with van der Waals surface area (Å²) in [5.41, 5.74) is 3.83.